The van der Waals surface area contributed by atoms with Crippen LogP contribution in [0.15, 0.2) is 15.0 Å². The van der Waals surface area contributed by atoms with E-state index >= 15 is 0 Å². The predicted octanol–water partition coefficient (Wildman–Crippen LogP) is -7.01. The van der Waals surface area contributed by atoms with Gasteiger partial charge in [-0.2, -0.15) is 0 Å². The number of carbonyl (C=O) groups is 11. The van der Waals surface area contributed by atoms with Crippen molar-refractivity contribution < 1.29 is 52.7 Å². The van der Waals surface area contributed by atoms with Gasteiger partial charge in [0.2, 0.25) is 59.1 Å². The fourth-order valence-corrected chi connectivity index (χ4v) is 6.32. The van der Waals surface area contributed by atoms with Crippen molar-refractivity contribution in [1.29, 1.82) is 0 Å². The maximum atomic E-state index is 13.9. The van der Waals surface area contributed by atoms with Crippen molar-refractivity contribution in [3.05, 3.63) is 0 Å². The van der Waals surface area contributed by atoms with E-state index in [1.165, 1.54) is 41.5 Å². The quantitative estimate of drug-likeness (QED) is 0.0162. The fourth-order valence-electron chi connectivity index (χ4n) is 6.32. The smallest absolute Gasteiger partial charge is 0.244 e. The minimum absolute atomic E-state index is 0.00716. The lowest BCUT2D eigenvalue weighted by Gasteiger charge is -2.27. The third-order valence-electron chi connectivity index (χ3n) is 10.2. The fraction of sp³-hybridized carbons (Fsp3) is 0.674. The lowest BCUT2D eigenvalue weighted by molar-refractivity contribution is -0.135. The minimum Gasteiger partial charge on any atom is -0.370 e. The molecule has 8 atom stereocenters. The van der Waals surface area contributed by atoms with Crippen molar-refractivity contribution >= 4 is 82.7 Å². The van der Waals surface area contributed by atoms with E-state index in [0.29, 0.717) is 0 Å². The Hall–Kier alpha value is -7.82. The predicted molar refractivity (Wildman–Crippen MR) is 270 cm³/mol. The van der Waals surface area contributed by atoms with Gasteiger partial charge in [-0.3, -0.25) is 67.7 Å². The number of nitrogens with zero attached hydrogens (tertiary/aromatic N) is 3. The number of carbonyl (C=O) groups excluding carboxylic acids is 11. The Kier molecular flexibility index (Phi) is 30.8. The molecule has 30 heteroatoms. The van der Waals surface area contributed by atoms with Gasteiger partial charge in [-0.05, 0) is 78.6 Å². The van der Waals surface area contributed by atoms with Crippen LogP contribution in [0.4, 0.5) is 0 Å². The van der Waals surface area contributed by atoms with Crippen LogP contribution in [0.5, 0.6) is 0 Å². The molecule has 0 heterocycles. The molecule has 0 fully saturated rings. The number of hydrogen-bond acceptors (Lipinski definition) is 14. The molecule has 22 N–H and O–H groups in total. The average Bonchev–Trinajstić information content (AvgIpc) is 3.28. The van der Waals surface area contributed by atoms with Crippen molar-refractivity contribution in [3.63, 3.8) is 0 Å². The summed E-state index contributed by atoms with van der Waals surface area (Å²) in [6.07, 6.45) is 0.503. The molecule has 0 aromatic heterocycles. The summed E-state index contributed by atoms with van der Waals surface area (Å²) < 4.78 is 0. The molecule has 30 nitrogen and oxygen atoms in total. The van der Waals surface area contributed by atoms with E-state index in [2.05, 4.69) is 68.1 Å². The summed E-state index contributed by atoms with van der Waals surface area (Å²) in [6.45, 7) is 10.5. The summed E-state index contributed by atoms with van der Waals surface area (Å²) in [4.78, 5) is 154. The Morgan fingerprint density at radius 2 is 0.767 bits per heavy atom. The molecule has 0 rings (SSSR count). The molecule has 10 amide bonds. The number of ketones is 1. The number of rotatable bonds is 34. The molecule has 0 aromatic carbocycles. The molecular weight excluding hydrogens is 959 g/mol. The molecule has 0 aliphatic carbocycles. The van der Waals surface area contributed by atoms with Crippen molar-refractivity contribution in [1.82, 2.24) is 53.2 Å². The normalized spacial score (nSPS) is 13.9. The summed E-state index contributed by atoms with van der Waals surface area (Å²) in [6, 6.07) is -9.77. The second-order valence-corrected chi connectivity index (χ2v) is 17.5. The first kappa shape index (κ1) is 65.2. The van der Waals surface area contributed by atoms with Gasteiger partial charge in [0.1, 0.15) is 42.3 Å². The molecule has 0 saturated heterocycles. The third kappa shape index (κ3) is 29.8. The summed E-state index contributed by atoms with van der Waals surface area (Å²) in [7, 11) is 0. The van der Waals surface area contributed by atoms with Crippen molar-refractivity contribution in [2.45, 2.75) is 149 Å². The molecular formula is C43H79N19O11. The van der Waals surface area contributed by atoms with Crippen LogP contribution in [0.2, 0.25) is 0 Å². The highest BCUT2D eigenvalue weighted by Crippen LogP contribution is 2.09. The van der Waals surface area contributed by atoms with Crippen molar-refractivity contribution in [3.8, 4) is 0 Å². The lowest BCUT2D eigenvalue weighted by Crippen LogP contribution is -2.60. The van der Waals surface area contributed by atoms with Crippen molar-refractivity contribution in [2.75, 3.05) is 32.7 Å². The number of aliphatic imine (C=N–C) groups is 3. The number of guanidine groups is 3. The van der Waals surface area contributed by atoms with Crippen LogP contribution >= 0.6 is 0 Å². The third-order valence-corrected chi connectivity index (χ3v) is 10.2. The highest BCUT2D eigenvalue weighted by molar-refractivity contribution is 5.98. The van der Waals surface area contributed by atoms with Crippen LogP contribution in [-0.2, 0) is 52.7 Å². The van der Waals surface area contributed by atoms with Crippen molar-refractivity contribution in [2.24, 2.45) is 55.3 Å². The van der Waals surface area contributed by atoms with E-state index in [0.717, 1.165) is 0 Å². The van der Waals surface area contributed by atoms with Crippen LogP contribution in [0, 0.1) is 5.92 Å². The lowest BCUT2D eigenvalue weighted by atomic mass is 10.0. The van der Waals surface area contributed by atoms with Crippen LogP contribution in [0.3, 0.4) is 0 Å². The highest BCUT2D eigenvalue weighted by atomic mass is 16.2. The number of hydrogen-bond donors (Lipinski definition) is 16. The summed E-state index contributed by atoms with van der Waals surface area (Å²) in [5.41, 5.74) is 32.5. The van der Waals surface area contributed by atoms with Gasteiger partial charge in [-0.25, -0.2) is 0 Å². The monoisotopic (exact) mass is 1040 g/mol. The van der Waals surface area contributed by atoms with Crippen LogP contribution < -0.4 is 87.6 Å². The Morgan fingerprint density at radius 1 is 0.397 bits per heavy atom. The van der Waals surface area contributed by atoms with Gasteiger partial charge >= 0.3 is 0 Å². The number of nitrogens with two attached hydrogens (primary N) is 6. The molecule has 0 aliphatic rings. The highest BCUT2D eigenvalue weighted by Gasteiger charge is 2.33. The first-order chi connectivity index (χ1) is 34.0. The maximum Gasteiger partial charge on any atom is 0.244 e. The molecule has 73 heavy (non-hydrogen) atoms. The second-order valence-electron chi connectivity index (χ2n) is 17.5. The topological polar surface area (TPSA) is 501 Å². The van der Waals surface area contributed by atoms with E-state index < -0.39 is 114 Å². The zero-order chi connectivity index (χ0) is 56.0. The van der Waals surface area contributed by atoms with E-state index in [-0.39, 0.29) is 101 Å². The SMILES string of the molecule is CC(=O)NCC(NC(=O)[C@H](CCCN=C(N)N)NC(=O)[C@H](CC(C)C)NC(=O)[C@H](C)NC(=O)CNC(=O)[C@H](CCCN=C(N)N)NC(=O)[C@H](CCCN=C(N)N)NC(=O)[C@H](C)NC(C)=O)C(=O)N[C@@H](C)C(C)=O. The number of nitrogens with one attached hydrogen (secondary N) is 10. The zero-order valence-corrected chi connectivity index (χ0v) is 43.0. The van der Waals surface area contributed by atoms with E-state index in [9.17, 15) is 52.7 Å². The second kappa shape index (κ2) is 34.5. The first-order valence-electron chi connectivity index (χ1n) is 23.6. The Bertz CT molecular complexity index is 2000. The minimum atomic E-state index is -1.38. The van der Waals surface area contributed by atoms with Gasteiger partial charge in [-0.15, -0.1) is 0 Å². The molecule has 0 saturated carbocycles. The van der Waals surface area contributed by atoms with E-state index in [4.69, 9.17) is 34.4 Å². The molecule has 0 aliphatic heterocycles. The molecule has 0 bridgehead atoms. The average molecular weight is 1040 g/mol. The Morgan fingerprint density at radius 3 is 1.16 bits per heavy atom. The van der Waals surface area contributed by atoms with Gasteiger partial charge < -0.3 is 87.6 Å². The molecule has 412 valence electrons. The molecule has 0 aromatic rings. The Balaban J connectivity index is 6.25. The number of Topliss-reactive ketones (excluding diaryl/α,β-unsaturated/α-hetero) is 1. The van der Waals surface area contributed by atoms with Crippen LogP contribution in [0.25, 0.3) is 0 Å². The zero-order valence-electron chi connectivity index (χ0n) is 43.0. The van der Waals surface area contributed by atoms with E-state index in [1.807, 2.05) is 0 Å². The Labute approximate surface area is 424 Å². The van der Waals surface area contributed by atoms with Crippen LogP contribution in [0.1, 0.15) is 100 Å². The largest absolute Gasteiger partial charge is 0.370 e. The van der Waals surface area contributed by atoms with E-state index in [1.54, 1.807) is 13.8 Å². The summed E-state index contributed by atoms with van der Waals surface area (Å²) in [5.74, 6) is -8.68. The number of amides is 10. The summed E-state index contributed by atoms with van der Waals surface area (Å²) in [5, 5.41) is 25.0. The van der Waals surface area contributed by atoms with Crippen LogP contribution in [-0.4, -0.2) is 164 Å². The van der Waals surface area contributed by atoms with Gasteiger partial charge in [0.15, 0.2) is 23.7 Å². The van der Waals surface area contributed by atoms with Gasteiger partial charge in [-0.1, -0.05) is 13.8 Å². The van der Waals surface area contributed by atoms with Gasteiger partial charge in [0.05, 0.1) is 12.6 Å². The molecule has 1 unspecified atom stereocenters. The summed E-state index contributed by atoms with van der Waals surface area (Å²) >= 11 is 0. The van der Waals surface area contributed by atoms with Gasteiger partial charge in [0.25, 0.3) is 0 Å². The van der Waals surface area contributed by atoms with Gasteiger partial charge in [0, 0.05) is 40.0 Å². The molecule has 0 radical (unpaired) electrons. The first-order valence-corrected chi connectivity index (χ1v) is 23.6. The maximum absolute atomic E-state index is 13.9. The standard InChI is InChI=1S/C43H79N19O11/c1-21(2)18-31(39(72)60-30(14-11-17-52-43(48)49)38(71)62-32(19-53-26(7)64)40(73)57-22(3)25(6)63)61-35(68)24(5)56-33(66)20-54-36(69)28(12-9-15-50-41(44)45)59-37(70)29(13-10-16-51-42(46)47)58-34(67)23(4)55-27(8)65/h21-24,28-32H,9-20H2,1-8H3,(H,53,64)(H,54,69)(H,55,65)(H,56,66)(H,57,73)(H,58,67)(H,59,70)(H,60,72)(H,61,68)(H,62,71)(H4,44,45,50)(H4,46,47,51)(H4,48,49,52)/t22-,23-,24-,28-,29-,30-,31-,32?/m0/s1. The molecule has 0 spiro atoms.